The Hall–Kier alpha value is -2.12. The van der Waals surface area contributed by atoms with Crippen LogP contribution in [0, 0.1) is 13.8 Å². The number of nitrogens with zero attached hydrogens (tertiary/aromatic N) is 1. The molecule has 0 spiro atoms. The Kier molecular flexibility index (Phi) is 6.67. The molecule has 1 atom stereocenters. The third kappa shape index (κ3) is 4.05. The zero-order valence-corrected chi connectivity index (χ0v) is 19.5. The van der Waals surface area contributed by atoms with Crippen molar-refractivity contribution in [2.75, 3.05) is 6.61 Å². The lowest BCUT2D eigenvalue weighted by Gasteiger charge is -2.20. The normalized spacial score (nSPS) is 14.0. The van der Waals surface area contributed by atoms with Gasteiger partial charge in [-0.05, 0) is 38.0 Å². The van der Waals surface area contributed by atoms with Gasteiger partial charge in [-0.25, -0.2) is 4.79 Å². The number of Topliss-reactive ketones (excluding diaryl/α,β-unsaturated/α-hetero) is 1. The maximum absolute atomic E-state index is 12.8. The molecule has 31 heavy (non-hydrogen) atoms. The molecule has 1 heterocycles. The number of esters is 1. The van der Waals surface area contributed by atoms with Crippen molar-refractivity contribution >= 4 is 70.0 Å². The van der Waals surface area contributed by atoms with Crippen LogP contribution in [0.15, 0.2) is 18.2 Å². The van der Waals surface area contributed by atoms with Crippen molar-refractivity contribution in [2.24, 2.45) is 0 Å². The van der Waals surface area contributed by atoms with Crippen molar-refractivity contribution in [1.29, 1.82) is 0 Å². The molecule has 0 bridgehead atoms. The van der Waals surface area contributed by atoms with Gasteiger partial charge in [0.15, 0.2) is 12.4 Å². The van der Waals surface area contributed by atoms with Crippen LogP contribution < -0.4 is 0 Å². The van der Waals surface area contributed by atoms with Gasteiger partial charge in [-0.1, -0.05) is 58.5 Å². The minimum atomic E-state index is -1.34. The van der Waals surface area contributed by atoms with Crippen LogP contribution in [0.25, 0.3) is 0 Å². The van der Waals surface area contributed by atoms with E-state index in [1.54, 1.807) is 18.2 Å². The fourth-order valence-corrected chi connectivity index (χ4v) is 4.09. The topological polar surface area (TPSA) is 80.8 Å². The molecule has 1 aliphatic rings. The van der Waals surface area contributed by atoms with Crippen LogP contribution in [0.4, 0.5) is 0 Å². The summed E-state index contributed by atoms with van der Waals surface area (Å²) in [6, 6.07) is 3.76. The van der Waals surface area contributed by atoms with Crippen LogP contribution >= 0.6 is 46.4 Å². The first-order chi connectivity index (χ1) is 14.5. The van der Waals surface area contributed by atoms with Crippen LogP contribution in [-0.2, 0) is 9.53 Å². The number of ketones is 1. The number of benzene rings is 2. The minimum Gasteiger partial charge on any atom is -0.456 e. The van der Waals surface area contributed by atoms with Gasteiger partial charge >= 0.3 is 5.97 Å². The van der Waals surface area contributed by atoms with E-state index in [0.29, 0.717) is 10.5 Å². The van der Waals surface area contributed by atoms with Crippen LogP contribution in [0.3, 0.4) is 0 Å². The second kappa shape index (κ2) is 8.79. The molecular formula is C21H15Cl4NO5. The summed E-state index contributed by atoms with van der Waals surface area (Å²) in [6.45, 7) is 4.51. The summed E-state index contributed by atoms with van der Waals surface area (Å²) in [5.41, 5.74) is 1.84. The Labute approximate surface area is 197 Å². The van der Waals surface area contributed by atoms with Crippen LogP contribution in [0.2, 0.25) is 20.1 Å². The van der Waals surface area contributed by atoms with Crippen LogP contribution in [-0.4, -0.2) is 41.1 Å². The van der Waals surface area contributed by atoms with E-state index < -0.39 is 36.2 Å². The van der Waals surface area contributed by atoms with E-state index in [1.807, 2.05) is 13.8 Å². The second-order valence-corrected chi connectivity index (χ2v) is 8.50. The highest BCUT2D eigenvalue weighted by Gasteiger charge is 2.45. The highest BCUT2D eigenvalue weighted by atomic mass is 35.5. The van der Waals surface area contributed by atoms with Crippen LogP contribution in [0.5, 0.6) is 0 Å². The van der Waals surface area contributed by atoms with E-state index in [0.717, 1.165) is 11.1 Å². The van der Waals surface area contributed by atoms with Gasteiger partial charge in [-0.3, -0.25) is 19.3 Å². The van der Waals surface area contributed by atoms with Gasteiger partial charge in [-0.15, -0.1) is 0 Å². The molecule has 0 N–H and O–H groups in total. The third-order valence-electron chi connectivity index (χ3n) is 5.04. The summed E-state index contributed by atoms with van der Waals surface area (Å²) >= 11 is 24.1. The first-order valence-corrected chi connectivity index (χ1v) is 10.5. The zero-order chi connectivity index (χ0) is 23.2. The van der Waals surface area contributed by atoms with Crippen LogP contribution in [0.1, 0.15) is 49.1 Å². The number of carbonyl (C=O) groups excluding carboxylic acids is 4. The number of rotatable bonds is 5. The Morgan fingerprint density at radius 2 is 1.42 bits per heavy atom. The van der Waals surface area contributed by atoms with E-state index in [9.17, 15) is 19.2 Å². The number of hydrogen-bond donors (Lipinski definition) is 0. The molecule has 1 unspecified atom stereocenters. The lowest BCUT2D eigenvalue weighted by molar-refractivity contribution is -0.146. The predicted octanol–water partition coefficient (Wildman–Crippen LogP) is 5.33. The first-order valence-electron chi connectivity index (χ1n) is 8.98. The number of halogens is 4. The summed E-state index contributed by atoms with van der Waals surface area (Å²) in [5.74, 6) is -3.10. The number of fused-ring (bicyclic) bond motifs is 1. The van der Waals surface area contributed by atoms with E-state index in [1.165, 1.54) is 6.92 Å². The monoisotopic (exact) mass is 501 g/mol. The molecule has 6 nitrogen and oxygen atoms in total. The van der Waals surface area contributed by atoms with Crippen molar-refractivity contribution in [3.63, 3.8) is 0 Å². The average molecular weight is 503 g/mol. The van der Waals surface area contributed by atoms with E-state index >= 15 is 0 Å². The summed E-state index contributed by atoms with van der Waals surface area (Å²) in [6.07, 6.45) is 0. The molecule has 0 radical (unpaired) electrons. The SMILES string of the molecule is Cc1ccc(C(=O)COC(=O)C(C)N2C(=O)c3c(Cl)c(Cl)c(Cl)c(Cl)c3C2=O)cc1C. The zero-order valence-electron chi connectivity index (χ0n) is 16.5. The fourth-order valence-electron chi connectivity index (χ4n) is 3.08. The largest absolute Gasteiger partial charge is 0.456 e. The summed E-state index contributed by atoms with van der Waals surface area (Å²) in [4.78, 5) is 51.1. The summed E-state index contributed by atoms with van der Waals surface area (Å²) in [5, 5.41) is -0.830. The van der Waals surface area contributed by atoms with Gasteiger partial charge < -0.3 is 4.74 Å². The Bertz CT molecular complexity index is 1110. The maximum Gasteiger partial charge on any atom is 0.329 e. The molecule has 0 aliphatic carbocycles. The number of amides is 2. The third-order valence-corrected chi connectivity index (χ3v) is 6.84. The number of imide groups is 1. The number of carbonyl (C=O) groups is 4. The fraction of sp³-hybridized carbons (Fsp3) is 0.238. The highest BCUT2D eigenvalue weighted by Crippen LogP contribution is 2.45. The molecule has 0 fully saturated rings. The van der Waals surface area contributed by atoms with Crippen molar-refractivity contribution in [3.05, 3.63) is 66.1 Å². The molecule has 2 aromatic rings. The van der Waals surface area contributed by atoms with Crippen molar-refractivity contribution in [1.82, 2.24) is 4.90 Å². The van der Waals surface area contributed by atoms with Gasteiger partial charge in [0, 0.05) is 5.56 Å². The smallest absolute Gasteiger partial charge is 0.329 e. The van der Waals surface area contributed by atoms with E-state index in [2.05, 4.69) is 0 Å². The molecular weight excluding hydrogens is 488 g/mol. The standard InChI is InChI=1S/C21H15Cl4NO5/c1-8-4-5-11(6-9(8)2)12(27)7-31-21(30)10(3)26-19(28)13-14(20(26)29)16(23)18(25)17(24)15(13)22/h4-6,10H,7H2,1-3H3. The number of aryl methyl sites for hydroxylation is 2. The number of ether oxygens (including phenoxy) is 1. The van der Waals surface area contributed by atoms with Crippen molar-refractivity contribution in [2.45, 2.75) is 26.8 Å². The minimum absolute atomic E-state index is 0.177. The Morgan fingerprint density at radius 1 is 0.903 bits per heavy atom. The van der Waals surface area contributed by atoms with Gasteiger partial charge in [0.1, 0.15) is 6.04 Å². The second-order valence-electron chi connectivity index (χ2n) is 6.99. The molecule has 0 saturated carbocycles. The first kappa shape index (κ1) is 23.5. The van der Waals surface area contributed by atoms with E-state index in [-0.39, 0.29) is 31.2 Å². The van der Waals surface area contributed by atoms with Crippen molar-refractivity contribution in [3.8, 4) is 0 Å². The molecule has 3 rings (SSSR count). The van der Waals surface area contributed by atoms with Gasteiger partial charge in [0.25, 0.3) is 11.8 Å². The lowest BCUT2D eigenvalue weighted by Crippen LogP contribution is -2.44. The quantitative estimate of drug-likeness (QED) is 0.181. The van der Waals surface area contributed by atoms with Gasteiger partial charge in [0.05, 0.1) is 31.2 Å². The predicted molar refractivity (Wildman–Crippen MR) is 118 cm³/mol. The van der Waals surface area contributed by atoms with Gasteiger partial charge in [0.2, 0.25) is 0 Å². The Balaban J connectivity index is 1.78. The van der Waals surface area contributed by atoms with Crippen molar-refractivity contribution < 1.29 is 23.9 Å². The molecule has 0 saturated heterocycles. The number of hydrogen-bond acceptors (Lipinski definition) is 5. The molecule has 162 valence electrons. The maximum atomic E-state index is 12.8. The molecule has 2 amide bonds. The Morgan fingerprint density at radius 3 is 1.90 bits per heavy atom. The highest BCUT2D eigenvalue weighted by molar-refractivity contribution is 6.55. The molecule has 10 heteroatoms. The summed E-state index contributed by atoms with van der Waals surface area (Å²) < 4.78 is 5.05. The average Bonchev–Trinajstić information content (AvgIpc) is 3.00. The van der Waals surface area contributed by atoms with Gasteiger partial charge in [-0.2, -0.15) is 0 Å². The molecule has 0 aromatic heterocycles. The molecule has 2 aromatic carbocycles. The lowest BCUT2D eigenvalue weighted by atomic mass is 10.0. The summed E-state index contributed by atoms with van der Waals surface area (Å²) in [7, 11) is 0. The molecule has 1 aliphatic heterocycles. The van der Waals surface area contributed by atoms with E-state index in [4.69, 9.17) is 51.1 Å².